The van der Waals surface area contributed by atoms with Crippen LogP contribution in [0, 0.1) is 0 Å². The van der Waals surface area contributed by atoms with Gasteiger partial charge in [-0.1, -0.05) is 0 Å². The number of nitrogens with zero attached hydrogens (tertiary/aromatic N) is 1. The topological polar surface area (TPSA) is 38.1 Å². The molecule has 2 heterocycles. The number of aromatic nitrogens is 1. The first-order valence-corrected chi connectivity index (χ1v) is 5.81. The highest BCUT2D eigenvalue weighted by Crippen LogP contribution is 2.31. The lowest BCUT2D eigenvalue weighted by atomic mass is 10.4. The van der Waals surface area contributed by atoms with Crippen LogP contribution in [0.1, 0.15) is 5.69 Å². The highest BCUT2D eigenvalue weighted by atomic mass is 79.9. The van der Waals surface area contributed by atoms with Crippen LogP contribution in [0.25, 0.3) is 10.8 Å². The third-order valence-corrected chi connectivity index (χ3v) is 3.24. The average molecular weight is 273 g/mol. The van der Waals surface area contributed by atoms with E-state index in [1.807, 2.05) is 18.5 Å². The van der Waals surface area contributed by atoms with Gasteiger partial charge in [-0.15, -0.1) is 11.3 Å². The maximum absolute atomic E-state index is 5.32. The van der Waals surface area contributed by atoms with Gasteiger partial charge in [0.05, 0.1) is 16.4 Å². The molecule has 0 saturated carbocycles. The largest absolute Gasteiger partial charge is 0.461 e. The Kier molecular flexibility index (Phi) is 3.00. The monoisotopic (exact) mass is 272 g/mol. The molecule has 0 atom stereocenters. The fraction of sp³-hybridized carbons (Fsp3) is 0.222. The van der Waals surface area contributed by atoms with E-state index in [2.05, 4.69) is 26.2 Å². The van der Waals surface area contributed by atoms with Crippen molar-refractivity contribution in [1.82, 2.24) is 10.3 Å². The van der Waals surface area contributed by atoms with E-state index in [9.17, 15) is 0 Å². The molecule has 2 rings (SSSR count). The zero-order valence-electron chi connectivity index (χ0n) is 7.58. The van der Waals surface area contributed by atoms with E-state index in [0.29, 0.717) is 0 Å². The van der Waals surface area contributed by atoms with Crippen molar-refractivity contribution in [3.63, 3.8) is 0 Å². The molecule has 0 aliphatic carbocycles. The molecule has 0 aromatic carbocycles. The second-order valence-electron chi connectivity index (χ2n) is 2.77. The molecule has 0 bridgehead atoms. The van der Waals surface area contributed by atoms with Gasteiger partial charge in [0.25, 0.3) is 0 Å². The molecule has 14 heavy (non-hydrogen) atoms. The second kappa shape index (κ2) is 4.25. The number of hydrogen-bond donors (Lipinski definition) is 1. The summed E-state index contributed by atoms with van der Waals surface area (Å²) in [5, 5.41) is 6.00. The third kappa shape index (κ3) is 1.89. The average Bonchev–Trinajstić information content (AvgIpc) is 2.74. The number of hydrogen-bond acceptors (Lipinski definition) is 4. The Balaban J connectivity index is 2.29. The first-order chi connectivity index (χ1) is 6.81. The summed E-state index contributed by atoms with van der Waals surface area (Å²) >= 11 is 5.00. The van der Waals surface area contributed by atoms with E-state index in [1.54, 1.807) is 17.6 Å². The lowest BCUT2D eigenvalue weighted by molar-refractivity contribution is 0.580. The standard InChI is InChI=1S/C9H9BrN2OS/c1-11-4-6-5-14-9(12-6)8-7(10)2-3-13-8/h2-3,5,11H,4H2,1H3. The zero-order chi connectivity index (χ0) is 9.97. The summed E-state index contributed by atoms with van der Waals surface area (Å²) in [5.74, 6) is 0.803. The summed E-state index contributed by atoms with van der Waals surface area (Å²) in [7, 11) is 1.90. The SMILES string of the molecule is CNCc1csc(-c2occc2Br)n1. The van der Waals surface area contributed by atoms with Crippen LogP contribution >= 0.6 is 27.3 Å². The number of nitrogens with one attached hydrogen (secondary N) is 1. The van der Waals surface area contributed by atoms with Gasteiger partial charge in [0.15, 0.2) is 10.8 Å². The van der Waals surface area contributed by atoms with E-state index < -0.39 is 0 Å². The molecule has 0 spiro atoms. The van der Waals surface area contributed by atoms with Crippen LogP contribution in [0.3, 0.4) is 0 Å². The van der Waals surface area contributed by atoms with Crippen LogP contribution in [0.4, 0.5) is 0 Å². The molecule has 1 N–H and O–H groups in total. The molecule has 0 unspecified atom stereocenters. The van der Waals surface area contributed by atoms with Gasteiger partial charge in [-0.05, 0) is 29.0 Å². The molecule has 0 aliphatic heterocycles. The summed E-state index contributed by atoms with van der Waals surface area (Å²) < 4.78 is 6.27. The fourth-order valence-electron chi connectivity index (χ4n) is 1.12. The van der Waals surface area contributed by atoms with Crippen molar-refractivity contribution in [2.45, 2.75) is 6.54 Å². The Hall–Kier alpha value is -0.650. The molecular weight excluding hydrogens is 264 g/mol. The third-order valence-electron chi connectivity index (χ3n) is 1.72. The van der Waals surface area contributed by atoms with E-state index in [1.165, 1.54) is 0 Å². The number of thiazole rings is 1. The summed E-state index contributed by atoms with van der Waals surface area (Å²) in [5.41, 5.74) is 1.04. The normalized spacial score (nSPS) is 10.7. The summed E-state index contributed by atoms with van der Waals surface area (Å²) in [4.78, 5) is 4.44. The maximum Gasteiger partial charge on any atom is 0.176 e. The molecule has 3 nitrogen and oxygen atoms in total. The lowest BCUT2D eigenvalue weighted by Gasteiger charge is -1.92. The molecule has 0 amide bonds. The van der Waals surface area contributed by atoms with Crippen LogP contribution in [-0.4, -0.2) is 12.0 Å². The Bertz CT molecular complexity index is 424. The van der Waals surface area contributed by atoms with Gasteiger partial charge < -0.3 is 9.73 Å². The van der Waals surface area contributed by atoms with Gasteiger partial charge in [-0.3, -0.25) is 0 Å². The van der Waals surface area contributed by atoms with Gasteiger partial charge in [0, 0.05) is 11.9 Å². The maximum atomic E-state index is 5.32. The van der Waals surface area contributed by atoms with Crippen LogP contribution in [0.15, 0.2) is 26.6 Å². The molecule has 0 aliphatic rings. The van der Waals surface area contributed by atoms with E-state index >= 15 is 0 Å². The molecule has 5 heteroatoms. The van der Waals surface area contributed by atoms with Gasteiger partial charge in [0.2, 0.25) is 0 Å². The van der Waals surface area contributed by atoms with Gasteiger partial charge >= 0.3 is 0 Å². The Morgan fingerprint density at radius 2 is 2.50 bits per heavy atom. The van der Waals surface area contributed by atoms with Crippen molar-refractivity contribution in [1.29, 1.82) is 0 Å². The van der Waals surface area contributed by atoms with Crippen molar-refractivity contribution in [2.75, 3.05) is 7.05 Å². The quantitative estimate of drug-likeness (QED) is 0.934. The Morgan fingerprint density at radius 3 is 3.14 bits per heavy atom. The van der Waals surface area contributed by atoms with Gasteiger partial charge in [-0.2, -0.15) is 0 Å². The van der Waals surface area contributed by atoms with Crippen molar-refractivity contribution in [3.05, 3.63) is 27.9 Å². The summed E-state index contributed by atoms with van der Waals surface area (Å²) in [6.07, 6.45) is 1.65. The minimum absolute atomic E-state index is 0.787. The predicted octanol–water partition coefficient (Wildman–Crippen LogP) is 2.89. The number of halogens is 1. The Morgan fingerprint density at radius 1 is 1.64 bits per heavy atom. The van der Waals surface area contributed by atoms with Crippen molar-refractivity contribution >= 4 is 27.3 Å². The van der Waals surface area contributed by atoms with E-state index in [-0.39, 0.29) is 0 Å². The van der Waals surface area contributed by atoms with E-state index in [0.717, 1.165) is 27.5 Å². The molecule has 2 aromatic heterocycles. The van der Waals surface area contributed by atoms with Crippen molar-refractivity contribution < 1.29 is 4.42 Å². The molecule has 74 valence electrons. The first-order valence-electron chi connectivity index (χ1n) is 4.13. The van der Waals surface area contributed by atoms with Crippen molar-refractivity contribution in [3.8, 4) is 10.8 Å². The van der Waals surface area contributed by atoms with Gasteiger partial charge in [0.1, 0.15) is 0 Å². The number of furan rings is 1. The molecule has 0 fully saturated rings. The van der Waals surface area contributed by atoms with Crippen LogP contribution < -0.4 is 5.32 Å². The second-order valence-corrected chi connectivity index (χ2v) is 4.48. The van der Waals surface area contributed by atoms with Crippen molar-refractivity contribution in [2.24, 2.45) is 0 Å². The fourth-order valence-corrected chi connectivity index (χ4v) is 2.46. The smallest absolute Gasteiger partial charge is 0.176 e. The highest BCUT2D eigenvalue weighted by Gasteiger charge is 2.10. The molecular formula is C9H9BrN2OS. The Labute approximate surface area is 94.3 Å². The molecule has 2 aromatic rings. The first kappa shape index (κ1) is 9.89. The molecule has 0 saturated heterocycles. The minimum Gasteiger partial charge on any atom is -0.461 e. The zero-order valence-corrected chi connectivity index (χ0v) is 9.98. The summed E-state index contributed by atoms with van der Waals surface area (Å²) in [6.45, 7) is 0.787. The molecule has 0 radical (unpaired) electrons. The lowest BCUT2D eigenvalue weighted by Crippen LogP contribution is -2.04. The van der Waals surface area contributed by atoms with Gasteiger partial charge in [-0.25, -0.2) is 4.98 Å². The minimum atomic E-state index is 0.787. The van der Waals surface area contributed by atoms with Crippen LogP contribution in [0.2, 0.25) is 0 Å². The van der Waals surface area contributed by atoms with Crippen LogP contribution in [-0.2, 0) is 6.54 Å². The summed E-state index contributed by atoms with van der Waals surface area (Å²) in [6, 6.07) is 1.87. The highest BCUT2D eigenvalue weighted by molar-refractivity contribution is 9.10. The van der Waals surface area contributed by atoms with Crippen LogP contribution in [0.5, 0.6) is 0 Å². The number of rotatable bonds is 3. The predicted molar refractivity (Wildman–Crippen MR) is 60.3 cm³/mol. The van der Waals surface area contributed by atoms with E-state index in [4.69, 9.17) is 4.42 Å².